The standard InChI is InChI=1S/C17H25NO3S/c1-13-7-9-15(10-8-13)22(20,21)12-11-17(19)18-16-6-4-3-5-14(16)2/h7-10,14,16H,3-6,11-12H2,1-2H3,(H,18,19)/t14-,16-/m0/s1. The lowest BCUT2D eigenvalue weighted by atomic mass is 9.86. The summed E-state index contributed by atoms with van der Waals surface area (Å²) in [6.45, 7) is 4.06. The van der Waals surface area contributed by atoms with Gasteiger partial charge in [0.15, 0.2) is 9.84 Å². The second-order valence-corrected chi connectivity index (χ2v) is 8.43. The lowest BCUT2D eigenvalue weighted by molar-refractivity contribution is -0.122. The Bertz CT molecular complexity index is 607. The van der Waals surface area contributed by atoms with Crippen LogP contribution in [-0.4, -0.2) is 26.1 Å². The van der Waals surface area contributed by atoms with E-state index in [-0.39, 0.29) is 29.0 Å². The monoisotopic (exact) mass is 323 g/mol. The van der Waals surface area contributed by atoms with Crippen molar-refractivity contribution in [3.63, 3.8) is 0 Å². The quantitative estimate of drug-likeness (QED) is 0.906. The number of sulfone groups is 1. The van der Waals surface area contributed by atoms with Crippen molar-refractivity contribution < 1.29 is 13.2 Å². The Morgan fingerprint density at radius 3 is 2.45 bits per heavy atom. The van der Waals surface area contributed by atoms with Gasteiger partial charge in [-0.05, 0) is 37.8 Å². The van der Waals surface area contributed by atoms with E-state index < -0.39 is 9.84 Å². The van der Waals surface area contributed by atoms with Gasteiger partial charge in [0.2, 0.25) is 5.91 Å². The minimum atomic E-state index is -3.39. The smallest absolute Gasteiger partial charge is 0.221 e. The Hall–Kier alpha value is -1.36. The second kappa shape index (κ2) is 7.27. The maximum atomic E-state index is 12.2. The van der Waals surface area contributed by atoms with E-state index in [2.05, 4.69) is 12.2 Å². The number of hydrogen-bond acceptors (Lipinski definition) is 3. The molecular weight excluding hydrogens is 298 g/mol. The second-order valence-electron chi connectivity index (χ2n) is 6.32. The van der Waals surface area contributed by atoms with Gasteiger partial charge in [-0.15, -0.1) is 0 Å². The van der Waals surface area contributed by atoms with Crippen LogP contribution in [0.4, 0.5) is 0 Å². The van der Waals surface area contributed by atoms with Crippen molar-refractivity contribution in [1.82, 2.24) is 5.32 Å². The first kappa shape index (κ1) is 17.0. The summed E-state index contributed by atoms with van der Waals surface area (Å²) >= 11 is 0. The summed E-state index contributed by atoms with van der Waals surface area (Å²) < 4.78 is 24.4. The molecule has 1 fully saturated rings. The number of nitrogens with one attached hydrogen (secondary N) is 1. The number of carbonyl (C=O) groups excluding carboxylic acids is 1. The summed E-state index contributed by atoms with van der Waals surface area (Å²) in [5.41, 5.74) is 1.02. The van der Waals surface area contributed by atoms with Crippen LogP contribution in [0.3, 0.4) is 0 Å². The molecule has 1 saturated carbocycles. The van der Waals surface area contributed by atoms with Crippen molar-refractivity contribution in [2.75, 3.05) is 5.75 Å². The highest BCUT2D eigenvalue weighted by Crippen LogP contribution is 2.23. The molecule has 5 heteroatoms. The van der Waals surface area contributed by atoms with Crippen LogP contribution in [0, 0.1) is 12.8 Å². The molecule has 1 aromatic carbocycles. The topological polar surface area (TPSA) is 63.2 Å². The molecule has 0 bridgehead atoms. The van der Waals surface area contributed by atoms with Crippen molar-refractivity contribution in [2.24, 2.45) is 5.92 Å². The van der Waals surface area contributed by atoms with E-state index >= 15 is 0 Å². The number of carbonyl (C=O) groups is 1. The van der Waals surface area contributed by atoms with Gasteiger partial charge in [-0.1, -0.05) is 37.5 Å². The van der Waals surface area contributed by atoms with Crippen LogP contribution < -0.4 is 5.32 Å². The fourth-order valence-electron chi connectivity index (χ4n) is 2.90. The number of hydrogen-bond donors (Lipinski definition) is 1. The van der Waals surface area contributed by atoms with E-state index in [1.165, 1.54) is 6.42 Å². The van der Waals surface area contributed by atoms with Gasteiger partial charge in [-0.2, -0.15) is 0 Å². The third-order valence-corrected chi connectivity index (χ3v) is 6.17. The highest BCUT2D eigenvalue weighted by Gasteiger charge is 2.23. The van der Waals surface area contributed by atoms with Gasteiger partial charge in [0, 0.05) is 12.5 Å². The number of aryl methyl sites for hydroxylation is 1. The fourth-order valence-corrected chi connectivity index (χ4v) is 4.14. The van der Waals surface area contributed by atoms with Crippen LogP contribution in [0.2, 0.25) is 0 Å². The van der Waals surface area contributed by atoms with Crippen LogP contribution in [0.25, 0.3) is 0 Å². The molecule has 1 aromatic rings. The molecule has 1 amide bonds. The fraction of sp³-hybridized carbons (Fsp3) is 0.588. The third kappa shape index (κ3) is 4.57. The first-order valence-corrected chi connectivity index (χ1v) is 9.62. The Balaban J connectivity index is 1.88. The molecule has 1 aliphatic carbocycles. The Kier molecular flexibility index (Phi) is 5.62. The van der Waals surface area contributed by atoms with E-state index in [0.29, 0.717) is 5.92 Å². The van der Waals surface area contributed by atoms with Crippen LogP contribution in [0.15, 0.2) is 29.2 Å². The summed E-state index contributed by atoms with van der Waals surface area (Å²) in [5, 5.41) is 3.00. The van der Waals surface area contributed by atoms with Crippen LogP contribution in [-0.2, 0) is 14.6 Å². The zero-order chi connectivity index (χ0) is 16.2. The Morgan fingerprint density at radius 2 is 1.82 bits per heavy atom. The Morgan fingerprint density at radius 1 is 1.18 bits per heavy atom. The third-order valence-electron chi connectivity index (χ3n) is 4.44. The normalized spacial score (nSPS) is 22.3. The molecule has 0 aliphatic heterocycles. The van der Waals surface area contributed by atoms with Gasteiger partial charge in [-0.3, -0.25) is 4.79 Å². The highest BCUT2D eigenvalue weighted by molar-refractivity contribution is 7.91. The minimum absolute atomic E-state index is 0.0272. The molecule has 22 heavy (non-hydrogen) atoms. The van der Waals surface area contributed by atoms with E-state index in [9.17, 15) is 13.2 Å². The van der Waals surface area contributed by atoms with Crippen LogP contribution >= 0.6 is 0 Å². The largest absolute Gasteiger partial charge is 0.353 e. The molecular formula is C17H25NO3S. The molecule has 1 aliphatic rings. The minimum Gasteiger partial charge on any atom is -0.353 e. The summed E-state index contributed by atoms with van der Waals surface area (Å²) in [7, 11) is -3.39. The first-order chi connectivity index (χ1) is 10.4. The van der Waals surface area contributed by atoms with Crippen molar-refractivity contribution >= 4 is 15.7 Å². The van der Waals surface area contributed by atoms with Crippen LogP contribution in [0.1, 0.15) is 44.6 Å². The molecule has 2 atom stereocenters. The lowest BCUT2D eigenvalue weighted by Gasteiger charge is -2.29. The predicted octanol–water partition coefficient (Wildman–Crippen LogP) is 2.85. The summed E-state index contributed by atoms with van der Waals surface area (Å²) in [5.74, 6) is 0.184. The van der Waals surface area contributed by atoms with Crippen molar-refractivity contribution in [3.05, 3.63) is 29.8 Å². The molecule has 0 unspecified atom stereocenters. The number of rotatable bonds is 5. The molecule has 1 N–H and O–H groups in total. The van der Waals surface area contributed by atoms with Crippen molar-refractivity contribution in [3.8, 4) is 0 Å². The molecule has 0 spiro atoms. The zero-order valence-corrected chi connectivity index (χ0v) is 14.2. The maximum Gasteiger partial charge on any atom is 0.221 e. The van der Waals surface area contributed by atoms with Gasteiger partial charge >= 0.3 is 0 Å². The van der Waals surface area contributed by atoms with Crippen LogP contribution in [0.5, 0.6) is 0 Å². The molecule has 0 radical (unpaired) electrons. The molecule has 122 valence electrons. The van der Waals surface area contributed by atoms with E-state index in [0.717, 1.165) is 24.8 Å². The van der Waals surface area contributed by atoms with E-state index in [4.69, 9.17) is 0 Å². The average Bonchev–Trinajstić information content (AvgIpc) is 2.48. The van der Waals surface area contributed by atoms with Crippen molar-refractivity contribution in [2.45, 2.75) is 56.9 Å². The van der Waals surface area contributed by atoms with Gasteiger partial charge in [0.25, 0.3) is 0 Å². The molecule has 0 saturated heterocycles. The zero-order valence-electron chi connectivity index (χ0n) is 13.3. The maximum absolute atomic E-state index is 12.2. The average molecular weight is 323 g/mol. The summed E-state index contributed by atoms with van der Waals surface area (Å²) in [6, 6.07) is 6.95. The Labute approximate surface area is 133 Å². The molecule has 0 aromatic heterocycles. The molecule has 2 rings (SSSR count). The summed E-state index contributed by atoms with van der Waals surface area (Å²) in [6.07, 6.45) is 4.51. The SMILES string of the molecule is Cc1ccc(S(=O)(=O)CCC(=O)N[C@H]2CCCC[C@@H]2C)cc1. The van der Waals surface area contributed by atoms with Crippen molar-refractivity contribution in [1.29, 1.82) is 0 Å². The van der Waals surface area contributed by atoms with Gasteiger partial charge < -0.3 is 5.32 Å². The van der Waals surface area contributed by atoms with E-state index in [1.807, 2.05) is 6.92 Å². The number of benzene rings is 1. The highest BCUT2D eigenvalue weighted by atomic mass is 32.2. The lowest BCUT2D eigenvalue weighted by Crippen LogP contribution is -2.41. The summed E-state index contributed by atoms with van der Waals surface area (Å²) in [4.78, 5) is 12.3. The van der Waals surface area contributed by atoms with E-state index in [1.54, 1.807) is 24.3 Å². The molecule has 0 heterocycles. The first-order valence-electron chi connectivity index (χ1n) is 7.97. The van der Waals surface area contributed by atoms with Gasteiger partial charge in [0.05, 0.1) is 10.6 Å². The number of amides is 1. The van der Waals surface area contributed by atoms with Gasteiger partial charge in [-0.25, -0.2) is 8.42 Å². The molecule has 4 nitrogen and oxygen atoms in total. The van der Waals surface area contributed by atoms with Gasteiger partial charge in [0.1, 0.15) is 0 Å². The predicted molar refractivity (Wildman–Crippen MR) is 87.4 cm³/mol.